The highest BCUT2D eigenvalue weighted by Crippen LogP contribution is 2.41. The van der Waals surface area contributed by atoms with Gasteiger partial charge in [-0.2, -0.15) is 0 Å². The van der Waals surface area contributed by atoms with Crippen LogP contribution in [0.4, 0.5) is 0 Å². The molecular weight excluding hydrogens is 216 g/mol. The van der Waals surface area contributed by atoms with E-state index in [2.05, 4.69) is 9.79 Å². The molecule has 0 saturated heterocycles. The molecule has 2 aromatic rings. The lowest BCUT2D eigenvalue weighted by atomic mass is 10.2. The van der Waals surface area contributed by atoms with Crippen molar-refractivity contribution < 1.29 is 23.7 Å². The molecule has 0 amide bonds. The summed E-state index contributed by atoms with van der Waals surface area (Å²) in [7, 11) is 4.35. The van der Waals surface area contributed by atoms with E-state index < -0.39 is 0 Å². The number of ether oxygens (including phenoxy) is 3. The smallest absolute Gasteiger partial charge is 0.271 e. The summed E-state index contributed by atoms with van der Waals surface area (Å²) in [5.74, 6) is 0.971. The molecule has 86 valence electrons. The number of nitrogens with zero attached hydrogens (tertiary/aromatic N) is 2. The van der Waals surface area contributed by atoms with Gasteiger partial charge in [-0.3, -0.25) is 4.63 Å². The minimum atomic E-state index is 0.167. The van der Waals surface area contributed by atoms with Crippen LogP contribution in [0.15, 0.2) is 10.7 Å². The standard InChI is InChI=1S/C9H10N2O5/c1-13-6-4-5-7(11(12)16-10-5)9(15-3)8(6)14-2/h4H,1-3H3. The molecule has 1 heterocycles. The van der Waals surface area contributed by atoms with E-state index in [1.165, 1.54) is 27.4 Å². The van der Waals surface area contributed by atoms with Gasteiger partial charge in [-0.15, -0.1) is 0 Å². The van der Waals surface area contributed by atoms with Crippen LogP contribution in [0.1, 0.15) is 0 Å². The van der Waals surface area contributed by atoms with E-state index in [0.717, 1.165) is 0 Å². The fourth-order valence-corrected chi connectivity index (χ4v) is 1.50. The number of fused-ring (bicyclic) bond motifs is 1. The molecule has 0 aliphatic carbocycles. The van der Waals surface area contributed by atoms with Gasteiger partial charge in [0.1, 0.15) is 0 Å². The predicted molar refractivity (Wildman–Crippen MR) is 52.6 cm³/mol. The normalized spacial score (nSPS) is 10.4. The Morgan fingerprint density at radius 3 is 2.44 bits per heavy atom. The Kier molecular flexibility index (Phi) is 2.43. The third-order valence-electron chi connectivity index (χ3n) is 2.18. The van der Waals surface area contributed by atoms with E-state index in [1.807, 2.05) is 0 Å². The maximum Gasteiger partial charge on any atom is 0.271 e. The summed E-state index contributed by atoms with van der Waals surface area (Å²) in [6.45, 7) is 0. The Labute approximate surface area is 90.6 Å². The van der Waals surface area contributed by atoms with Crippen LogP contribution < -0.4 is 19.1 Å². The lowest BCUT2D eigenvalue weighted by Crippen LogP contribution is -2.23. The summed E-state index contributed by atoms with van der Waals surface area (Å²) in [6, 6.07) is 1.54. The Morgan fingerprint density at radius 2 is 1.88 bits per heavy atom. The minimum Gasteiger partial charge on any atom is -0.493 e. The Bertz CT molecular complexity index is 522. The highest BCUT2D eigenvalue weighted by atomic mass is 16.8. The first kappa shape index (κ1) is 10.3. The van der Waals surface area contributed by atoms with Crippen LogP contribution >= 0.6 is 0 Å². The van der Waals surface area contributed by atoms with Gasteiger partial charge in [-0.1, -0.05) is 0 Å². The fourth-order valence-electron chi connectivity index (χ4n) is 1.50. The average molecular weight is 226 g/mol. The zero-order valence-corrected chi connectivity index (χ0v) is 9.01. The van der Waals surface area contributed by atoms with Gasteiger partial charge in [-0.25, -0.2) is 0 Å². The van der Waals surface area contributed by atoms with Crippen LogP contribution in [0.2, 0.25) is 0 Å². The van der Waals surface area contributed by atoms with E-state index in [1.54, 1.807) is 0 Å². The van der Waals surface area contributed by atoms with Gasteiger partial charge in [0.15, 0.2) is 5.75 Å². The second-order valence-corrected chi connectivity index (χ2v) is 2.94. The quantitative estimate of drug-likeness (QED) is 0.708. The van der Waals surface area contributed by atoms with Crippen molar-refractivity contribution in [3.05, 3.63) is 11.3 Å². The number of rotatable bonds is 3. The molecule has 7 heteroatoms. The largest absolute Gasteiger partial charge is 0.493 e. The van der Waals surface area contributed by atoms with Crippen LogP contribution in [0, 0.1) is 5.21 Å². The van der Waals surface area contributed by atoms with Gasteiger partial charge in [0.05, 0.1) is 21.3 Å². The third kappa shape index (κ3) is 1.28. The van der Waals surface area contributed by atoms with Crippen LogP contribution in [0.3, 0.4) is 0 Å². The van der Waals surface area contributed by atoms with Gasteiger partial charge >= 0.3 is 0 Å². The first-order valence-electron chi connectivity index (χ1n) is 4.41. The molecule has 1 aromatic carbocycles. The van der Waals surface area contributed by atoms with Crippen molar-refractivity contribution in [3.63, 3.8) is 0 Å². The Hall–Kier alpha value is -2.18. The van der Waals surface area contributed by atoms with Gasteiger partial charge in [0.25, 0.3) is 11.0 Å². The highest BCUT2D eigenvalue weighted by Gasteiger charge is 2.24. The second-order valence-electron chi connectivity index (χ2n) is 2.94. The van der Waals surface area contributed by atoms with Crippen LogP contribution in [0.25, 0.3) is 11.0 Å². The number of aromatic nitrogens is 2. The summed E-state index contributed by atoms with van der Waals surface area (Å²) in [4.78, 5) is 0.260. The minimum absolute atomic E-state index is 0.167. The monoisotopic (exact) mass is 226 g/mol. The number of hydrogen-bond acceptors (Lipinski definition) is 6. The maximum absolute atomic E-state index is 11.3. The van der Waals surface area contributed by atoms with Gasteiger partial charge in [0, 0.05) is 11.2 Å². The van der Waals surface area contributed by atoms with Crippen molar-refractivity contribution >= 4 is 11.0 Å². The van der Waals surface area contributed by atoms with Gasteiger partial charge < -0.3 is 19.4 Å². The lowest BCUT2D eigenvalue weighted by molar-refractivity contribution is -0.782. The third-order valence-corrected chi connectivity index (χ3v) is 2.18. The van der Waals surface area contributed by atoms with E-state index in [9.17, 15) is 5.21 Å². The second kappa shape index (κ2) is 3.76. The molecule has 0 fully saturated rings. The molecule has 0 unspecified atom stereocenters. The fraction of sp³-hybridized carbons (Fsp3) is 0.333. The average Bonchev–Trinajstić information content (AvgIpc) is 2.68. The highest BCUT2D eigenvalue weighted by molar-refractivity contribution is 5.84. The molecule has 0 bridgehead atoms. The van der Waals surface area contributed by atoms with E-state index in [-0.39, 0.29) is 16.2 Å². The van der Waals surface area contributed by atoms with E-state index in [0.29, 0.717) is 17.0 Å². The summed E-state index contributed by atoms with van der Waals surface area (Å²) < 4.78 is 19.8. The zero-order valence-electron chi connectivity index (χ0n) is 9.01. The predicted octanol–water partition coefficient (Wildman–Crippen LogP) is 0.487. The van der Waals surface area contributed by atoms with Crippen molar-refractivity contribution in [1.29, 1.82) is 0 Å². The van der Waals surface area contributed by atoms with Crippen molar-refractivity contribution in [3.8, 4) is 17.2 Å². The summed E-state index contributed by atoms with van der Waals surface area (Å²) in [5, 5.41) is 14.9. The molecule has 2 rings (SSSR count). The summed E-state index contributed by atoms with van der Waals surface area (Å²) in [6.07, 6.45) is 0. The van der Waals surface area contributed by atoms with Crippen molar-refractivity contribution in [1.82, 2.24) is 5.16 Å². The molecule has 7 nitrogen and oxygen atoms in total. The van der Waals surface area contributed by atoms with Crippen LogP contribution in [-0.2, 0) is 0 Å². The molecule has 16 heavy (non-hydrogen) atoms. The van der Waals surface area contributed by atoms with E-state index >= 15 is 0 Å². The summed E-state index contributed by atoms with van der Waals surface area (Å²) >= 11 is 0. The molecule has 0 radical (unpaired) electrons. The van der Waals surface area contributed by atoms with Crippen LogP contribution in [0.5, 0.6) is 17.2 Å². The van der Waals surface area contributed by atoms with Crippen molar-refractivity contribution in [2.75, 3.05) is 21.3 Å². The number of methoxy groups -OCH3 is 3. The molecule has 1 aromatic heterocycles. The maximum atomic E-state index is 11.3. The molecule has 0 aliphatic rings. The molecule has 0 atom stereocenters. The number of benzene rings is 1. The molecule has 0 N–H and O–H groups in total. The molecule has 0 saturated carbocycles. The molecular formula is C9H10N2O5. The van der Waals surface area contributed by atoms with Crippen LogP contribution in [-0.4, -0.2) is 26.5 Å². The van der Waals surface area contributed by atoms with Crippen molar-refractivity contribution in [2.45, 2.75) is 0 Å². The topological polar surface area (TPSA) is 80.7 Å². The Balaban J connectivity index is 2.85. The van der Waals surface area contributed by atoms with Gasteiger partial charge in [0.2, 0.25) is 11.5 Å². The molecule has 0 aliphatic heterocycles. The summed E-state index contributed by atoms with van der Waals surface area (Å²) in [5.41, 5.74) is 0.504. The van der Waals surface area contributed by atoms with Crippen molar-refractivity contribution in [2.24, 2.45) is 0 Å². The van der Waals surface area contributed by atoms with E-state index in [4.69, 9.17) is 14.2 Å². The molecule has 0 spiro atoms. The Morgan fingerprint density at radius 1 is 1.19 bits per heavy atom. The zero-order chi connectivity index (χ0) is 11.7. The number of hydrogen-bond donors (Lipinski definition) is 0. The lowest BCUT2D eigenvalue weighted by Gasteiger charge is -2.10. The SMILES string of the molecule is COc1cc2no[n+]([O-])c2c(OC)c1OC. The first-order valence-corrected chi connectivity index (χ1v) is 4.41. The first-order chi connectivity index (χ1) is 7.72. The van der Waals surface area contributed by atoms with Gasteiger partial charge in [-0.05, 0) is 4.90 Å².